The Morgan fingerprint density at radius 1 is 1.14 bits per heavy atom. The zero-order valence-corrected chi connectivity index (χ0v) is 12.6. The predicted octanol–water partition coefficient (Wildman–Crippen LogP) is 3.60. The first-order valence-electron chi connectivity index (χ1n) is 7.80. The Morgan fingerprint density at radius 2 is 1.95 bits per heavy atom. The molecule has 2 aromatic carbocycles. The van der Waals surface area contributed by atoms with E-state index in [4.69, 9.17) is 0 Å². The van der Waals surface area contributed by atoms with Crippen LogP contribution >= 0.6 is 0 Å². The van der Waals surface area contributed by atoms with Crippen molar-refractivity contribution in [1.82, 2.24) is 4.90 Å². The fourth-order valence-electron chi connectivity index (χ4n) is 3.26. The van der Waals surface area contributed by atoms with Crippen molar-refractivity contribution >= 4 is 0 Å². The number of hydrogen-bond donors (Lipinski definition) is 1. The maximum atomic E-state index is 9.70. The number of fused-ring (bicyclic) bond motifs is 1. The number of aromatic hydroxyl groups is 1. The van der Waals surface area contributed by atoms with Crippen molar-refractivity contribution in [2.75, 3.05) is 19.6 Å². The molecule has 0 radical (unpaired) electrons. The Kier molecular flexibility index (Phi) is 4.26. The number of nitrogens with zero attached hydrogens (tertiary/aromatic N) is 1. The minimum Gasteiger partial charge on any atom is -0.508 e. The van der Waals surface area contributed by atoms with Crippen molar-refractivity contribution in [2.24, 2.45) is 0 Å². The van der Waals surface area contributed by atoms with E-state index in [0.29, 0.717) is 11.7 Å². The maximum absolute atomic E-state index is 9.70. The fourth-order valence-corrected chi connectivity index (χ4v) is 3.26. The van der Waals surface area contributed by atoms with Crippen LogP contribution in [0.1, 0.15) is 29.5 Å². The third-order valence-corrected chi connectivity index (χ3v) is 4.45. The van der Waals surface area contributed by atoms with Crippen LogP contribution < -0.4 is 0 Å². The molecule has 0 fully saturated rings. The molecule has 0 aliphatic carbocycles. The monoisotopic (exact) mass is 281 g/mol. The van der Waals surface area contributed by atoms with Gasteiger partial charge in [-0.25, -0.2) is 0 Å². The van der Waals surface area contributed by atoms with Crippen molar-refractivity contribution in [1.29, 1.82) is 0 Å². The van der Waals surface area contributed by atoms with E-state index in [-0.39, 0.29) is 0 Å². The van der Waals surface area contributed by atoms with E-state index in [1.54, 1.807) is 0 Å². The molecule has 1 aliphatic heterocycles. The molecule has 1 heterocycles. The van der Waals surface area contributed by atoms with E-state index >= 15 is 0 Å². The van der Waals surface area contributed by atoms with E-state index in [1.807, 2.05) is 12.1 Å². The highest BCUT2D eigenvalue weighted by molar-refractivity contribution is 5.38. The fraction of sp³-hybridized carbons (Fsp3) is 0.368. The molecular weight excluding hydrogens is 258 g/mol. The van der Waals surface area contributed by atoms with Crippen LogP contribution in [0.3, 0.4) is 0 Å². The average Bonchev–Trinajstić information content (AvgIpc) is 2.66. The van der Waals surface area contributed by atoms with Crippen LogP contribution in [0.25, 0.3) is 0 Å². The van der Waals surface area contributed by atoms with Gasteiger partial charge in [0.05, 0.1) is 0 Å². The molecule has 1 N–H and O–H groups in total. The quantitative estimate of drug-likeness (QED) is 0.929. The minimum absolute atomic E-state index is 0.387. The molecule has 2 heteroatoms. The third-order valence-electron chi connectivity index (χ3n) is 4.45. The lowest BCUT2D eigenvalue weighted by atomic mass is 9.95. The summed E-state index contributed by atoms with van der Waals surface area (Å²) >= 11 is 0. The van der Waals surface area contributed by atoms with Crippen LogP contribution in [-0.4, -0.2) is 29.6 Å². The van der Waals surface area contributed by atoms with Crippen LogP contribution in [0.15, 0.2) is 48.5 Å². The zero-order valence-electron chi connectivity index (χ0n) is 12.6. The Hall–Kier alpha value is -1.80. The molecule has 0 saturated carbocycles. The molecule has 3 rings (SSSR count). The number of hydrogen-bond acceptors (Lipinski definition) is 2. The van der Waals surface area contributed by atoms with Crippen LogP contribution in [0.2, 0.25) is 0 Å². The van der Waals surface area contributed by atoms with Crippen LogP contribution in [0.4, 0.5) is 0 Å². The Labute approximate surface area is 127 Å². The van der Waals surface area contributed by atoms with Crippen molar-refractivity contribution in [3.05, 3.63) is 65.2 Å². The molecule has 1 atom stereocenters. The number of benzene rings is 2. The summed E-state index contributed by atoms with van der Waals surface area (Å²) in [4.78, 5) is 2.55. The average molecular weight is 281 g/mol. The number of phenolic OH excluding ortho intramolecular Hbond substituents is 1. The second kappa shape index (κ2) is 6.31. The molecule has 0 bridgehead atoms. The topological polar surface area (TPSA) is 23.5 Å². The molecule has 1 unspecified atom stereocenters. The molecule has 2 aromatic rings. The smallest absolute Gasteiger partial charge is 0.115 e. The highest BCUT2D eigenvalue weighted by atomic mass is 16.3. The van der Waals surface area contributed by atoms with Gasteiger partial charge in [-0.1, -0.05) is 43.3 Å². The first-order valence-corrected chi connectivity index (χ1v) is 7.80. The molecule has 0 aromatic heterocycles. The zero-order chi connectivity index (χ0) is 14.7. The number of rotatable bonds is 3. The predicted molar refractivity (Wildman–Crippen MR) is 86.8 cm³/mol. The lowest BCUT2D eigenvalue weighted by Crippen LogP contribution is -2.29. The largest absolute Gasteiger partial charge is 0.508 e. The van der Waals surface area contributed by atoms with Crippen molar-refractivity contribution < 1.29 is 5.11 Å². The molecule has 1 aliphatic rings. The van der Waals surface area contributed by atoms with Crippen molar-refractivity contribution in [3.8, 4) is 5.75 Å². The SMILES string of the molecule is CC1CN(CCc2ccccc2)CCc2ccc(O)cc21. The molecule has 21 heavy (non-hydrogen) atoms. The van der Waals surface area contributed by atoms with Crippen LogP contribution in [0, 0.1) is 0 Å². The van der Waals surface area contributed by atoms with Crippen molar-refractivity contribution in [2.45, 2.75) is 25.7 Å². The Bertz CT molecular complexity index is 594. The molecule has 110 valence electrons. The first-order chi connectivity index (χ1) is 10.2. The standard InChI is InChI=1S/C19H23NO/c1-15-14-20(11-9-16-5-3-2-4-6-16)12-10-17-7-8-18(21)13-19(15)17/h2-8,13,15,21H,9-12,14H2,1H3. The lowest BCUT2D eigenvalue weighted by Gasteiger charge is -2.22. The summed E-state index contributed by atoms with van der Waals surface area (Å²) < 4.78 is 0. The molecule has 0 saturated heterocycles. The van der Waals surface area contributed by atoms with Gasteiger partial charge in [-0.3, -0.25) is 0 Å². The van der Waals surface area contributed by atoms with Gasteiger partial charge in [-0.2, -0.15) is 0 Å². The highest BCUT2D eigenvalue weighted by Crippen LogP contribution is 2.28. The molecule has 2 nitrogen and oxygen atoms in total. The summed E-state index contributed by atoms with van der Waals surface area (Å²) in [5.74, 6) is 0.865. The normalized spacial score (nSPS) is 19.0. The van der Waals surface area contributed by atoms with Gasteiger partial charge in [-0.05, 0) is 47.6 Å². The summed E-state index contributed by atoms with van der Waals surface area (Å²) in [6, 6.07) is 16.5. The molecule has 0 amide bonds. The Morgan fingerprint density at radius 3 is 2.76 bits per heavy atom. The van der Waals surface area contributed by atoms with Gasteiger partial charge in [0, 0.05) is 19.6 Å². The minimum atomic E-state index is 0.387. The van der Waals surface area contributed by atoms with Gasteiger partial charge in [0.2, 0.25) is 0 Å². The van der Waals surface area contributed by atoms with Crippen LogP contribution in [-0.2, 0) is 12.8 Å². The third kappa shape index (κ3) is 3.45. The number of phenols is 1. The second-order valence-corrected chi connectivity index (χ2v) is 6.07. The van der Waals surface area contributed by atoms with E-state index < -0.39 is 0 Å². The van der Waals surface area contributed by atoms with E-state index in [0.717, 1.165) is 32.5 Å². The summed E-state index contributed by atoms with van der Waals surface area (Å²) in [5, 5.41) is 9.70. The lowest BCUT2D eigenvalue weighted by molar-refractivity contribution is 0.275. The summed E-state index contributed by atoms with van der Waals surface area (Å²) in [7, 11) is 0. The Balaban J connectivity index is 1.66. The highest BCUT2D eigenvalue weighted by Gasteiger charge is 2.20. The van der Waals surface area contributed by atoms with E-state index in [2.05, 4.69) is 48.2 Å². The van der Waals surface area contributed by atoms with E-state index in [9.17, 15) is 5.11 Å². The first kappa shape index (κ1) is 14.2. The van der Waals surface area contributed by atoms with Gasteiger partial charge in [0.1, 0.15) is 5.75 Å². The maximum Gasteiger partial charge on any atom is 0.115 e. The van der Waals surface area contributed by atoms with E-state index in [1.165, 1.54) is 16.7 Å². The summed E-state index contributed by atoms with van der Waals surface area (Å²) in [6.07, 6.45) is 2.18. The molecule has 0 spiro atoms. The molecular formula is C19H23NO. The van der Waals surface area contributed by atoms with Gasteiger partial charge < -0.3 is 10.0 Å². The second-order valence-electron chi connectivity index (χ2n) is 6.07. The van der Waals surface area contributed by atoms with Gasteiger partial charge in [0.25, 0.3) is 0 Å². The summed E-state index contributed by atoms with van der Waals surface area (Å²) in [6.45, 7) is 5.55. The summed E-state index contributed by atoms with van der Waals surface area (Å²) in [5.41, 5.74) is 4.12. The van der Waals surface area contributed by atoms with Crippen LogP contribution in [0.5, 0.6) is 5.75 Å². The van der Waals surface area contributed by atoms with Gasteiger partial charge in [0.15, 0.2) is 0 Å². The van der Waals surface area contributed by atoms with Crippen molar-refractivity contribution in [3.63, 3.8) is 0 Å². The van der Waals surface area contributed by atoms with Gasteiger partial charge >= 0.3 is 0 Å². The van der Waals surface area contributed by atoms with Gasteiger partial charge in [-0.15, -0.1) is 0 Å².